The summed E-state index contributed by atoms with van der Waals surface area (Å²) in [5.41, 5.74) is 0.776. The third-order valence-electron chi connectivity index (χ3n) is 6.84. The van der Waals surface area contributed by atoms with Crippen LogP contribution >= 0.6 is 11.5 Å². The first-order chi connectivity index (χ1) is 17.3. The molecule has 1 aromatic carbocycles. The second kappa shape index (κ2) is 10.2. The van der Waals surface area contributed by atoms with Crippen LogP contribution in [0.4, 0.5) is 30.6 Å². The van der Waals surface area contributed by atoms with E-state index in [0.29, 0.717) is 17.7 Å². The van der Waals surface area contributed by atoms with Crippen molar-refractivity contribution in [2.24, 2.45) is 0 Å². The van der Waals surface area contributed by atoms with E-state index in [1.165, 1.54) is 23.7 Å². The highest BCUT2D eigenvalue weighted by Gasteiger charge is 2.32. The fourth-order valence-corrected chi connectivity index (χ4v) is 5.49. The maximum atomic E-state index is 13.1. The zero-order valence-corrected chi connectivity index (χ0v) is 21.1. The molecule has 36 heavy (non-hydrogen) atoms. The van der Waals surface area contributed by atoms with E-state index in [4.69, 9.17) is 0 Å². The SMILES string of the molecule is CN(C)c1nsc(-c2ccc(N3CCC(N4CCN(c5cccc(C(F)(F)F)c5)CC4)CC3)nn2)n1. The van der Waals surface area contributed by atoms with Gasteiger partial charge in [-0.1, -0.05) is 6.07 Å². The third kappa shape index (κ3) is 5.39. The maximum Gasteiger partial charge on any atom is 0.416 e. The lowest BCUT2D eigenvalue weighted by Crippen LogP contribution is -2.53. The van der Waals surface area contributed by atoms with Gasteiger partial charge in [0.2, 0.25) is 5.95 Å². The predicted octanol–water partition coefficient (Wildman–Crippen LogP) is 3.87. The van der Waals surface area contributed by atoms with Crippen LogP contribution in [-0.2, 0) is 6.18 Å². The zero-order valence-electron chi connectivity index (χ0n) is 20.3. The number of rotatable bonds is 5. The molecule has 0 atom stereocenters. The number of hydrogen-bond donors (Lipinski definition) is 0. The predicted molar refractivity (Wildman–Crippen MR) is 136 cm³/mol. The van der Waals surface area contributed by atoms with Gasteiger partial charge in [-0.2, -0.15) is 22.5 Å². The Labute approximate surface area is 212 Å². The quantitative estimate of drug-likeness (QED) is 0.505. The molecule has 5 rings (SSSR count). The van der Waals surface area contributed by atoms with Crippen LogP contribution in [0.1, 0.15) is 18.4 Å². The number of benzene rings is 1. The van der Waals surface area contributed by atoms with Crippen molar-refractivity contribution in [3.8, 4) is 10.7 Å². The van der Waals surface area contributed by atoms with Gasteiger partial charge in [-0.25, -0.2) is 0 Å². The van der Waals surface area contributed by atoms with Crippen molar-refractivity contribution in [2.75, 3.05) is 68.1 Å². The molecule has 3 aromatic rings. The first-order valence-corrected chi connectivity index (χ1v) is 12.8. The summed E-state index contributed by atoms with van der Waals surface area (Å²) >= 11 is 1.31. The molecule has 0 spiro atoms. The summed E-state index contributed by atoms with van der Waals surface area (Å²) in [5.74, 6) is 1.53. The van der Waals surface area contributed by atoms with Gasteiger partial charge in [0, 0.05) is 65.1 Å². The molecule has 0 bridgehead atoms. The molecule has 0 aliphatic carbocycles. The molecule has 0 saturated carbocycles. The highest BCUT2D eigenvalue weighted by Crippen LogP contribution is 2.32. The largest absolute Gasteiger partial charge is 0.416 e. The lowest BCUT2D eigenvalue weighted by atomic mass is 10.0. The number of piperazine rings is 1. The molecule has 2 fully saturated rings. The van der Waals surface area contributed by atoms with Crippen LogP contribution in [0.15, 0.2) is 36.4 Å². The number of anilines is 3. The molecule has 2 aliphatic rings. The standard InChI is InChI=1S/C24H29F3N8S/c1-32(2)23-28-22(36-31-23)20-6-7-21(30-29-20)35-10-8-18(9-11-35)33-12-14-34(15-13-33)19-5-3-4-17(16-19)24(25,26)27/h3-7,16,18H,8-15H2,1-2H3. The van der Waals surface area contributed by atoms with Crippen molar-refractivity contribution in [1.29, 1.82) is 0 Å². The Morgan fingerprint density at radius 2 is 1.67 bits per heavy atom. The highest BCUT2D eigenvalue weighted by molar-refractivity contribution is 7.09. The first kappa shape index (κ1) is 24.7. The average Bonchev–Trinajstić information content (AvgIpc) is 3.40. The Morgan fingerprint density at radius 3 is 2.28 bits per heavy atom. The number of alkyl halides is 3. The van der Waals surface area contributed by atoms with Crippen LogP contribution in [0.5, 0.6) is 0 Å². The number of hydrogen-bond acceptors (Lipinski definition) is 9. The van der Waals surface area contributed by atoms with Gasteiger partial charge in [-0.3, -0.25) is 4.90 Å². The third-order valence-corrected chi connectivity index (χ3v) is 7.57. The summed E-state index contributed by atoms with van der Waals surface area (Å²) < 4.78 is 43.5. The van der Waals surface area contributed by atoms with Gasteiger partial charge in [-0.05, 0) is 54.7 Å². The van der Waals surface area contributed by atoms with Gasteiger partial charge >= 0.3 is 6.18 Å². The van der Waals surface area contributed by atoms with Gasteiger partial charge in [0.1, 0.15) is 5.69 Å². The van der Waals surface area contributed by atoms with Crippen LogP contribution in [0, 0.1) is 0 Å². The van der Waals surface area contributed by atoms with E-state index in [-0.39, 0.29) is 0 Å². The molecule has 0 N–H and O–H groups in total. The van der Waals surface area contributed by atoms with E-state index < -0.39 is 11.7 Å². The lowest BCUT2D eigenvalue weighted by molar-refractivity contribution is -0.137. The van der Waals surface area contributed by atoms with Crippen LogP contribution in [0.25, 0.3) is 10.7 Å². The lowest BCUT2D eigenvalue weighted by Gasteiger charge is -2.43. The summed E-state index contributed by atoms with van der Waals surface area (Å²) in [4.78, 5) is 13.1. The van der Waals surface area contributed by atoms with E-state index in [0.717, 1.165) is 74.7 Å². The molecule has 2 aliphatic heterocycles. The van der Waals surface area contributed by atoms with Gasteiger partial charge in [-0.15, -0.1) is 10.2 Å². The summed E-state index contributed by atoms with van der Waals surface area (Å²) in [7, 11) is 3.81. The Balaban J connectivity index is 1.12. The fourth-order valence-electron chi connectivity index (χ4n) is 4.79. The second-order valence-electron chi connectivity index (χ2n) is 9.36. The second-order valence-corrected chi connectivity index (χ2v) is 10.1. The first-order valence-electron chi connectivity index (χ1n) is 12.0. The topological polar surface area (TPSA) is 64.5 Å². The summed E-state index contributed by atoms with van der Waals surface area (Å²) in [6, 6.07) is 10.1. The normalized spacial score (nSPS) is 18.0. The van der Waals surface area contributed by atoms with Gasteiger partial charge in [0.05, 0.1) is 5.56 Å². The molecule has 8 nitrogen and oxygen atoms in total. The fraction of sp³-hybridized carbons (Fsp3) is 0.500. The van der Waals surface area contributed by atoms with Crippen LogP contribution in [0.2, 0.25) is 0 Å². The number of aromatic nitrogens is 4. The Kier molecular flexibility index (Phi) is 6.98. The molecule has 4 heterocycles. The number of nitrogens with zero attached hydrogens (tertiary/aromatic N) is 8. The molecule has 0 amide bonds. The molecule has 0 unspecified atom stereocenters. The summed E-state index contributed by atoms with van der Waals surface area (Å²) in [5, 5.41) is 9.57. The van der Waals surface area contributed by atoms with Gasteiger partial charge < -0.3 is 14.7 Å². The Bertz CT molecular complexity index is 1150. The van der Waals surface area contributed by atoms with Crippen LogP contribution in [-0.4, -0.2) is 83.9 Å². The van der Waals surface area contributed by atoms with Crippen LogP contribution < -0.4 is 14.7 Å². The minimum atomic E-state index is -4.32. The number of piperidine rings is 1. The van der Waals surface area contributed by atoms with E-state index in [9.17, 15) is 13.2 Å². The molecular weight excluding hydrogens is 489 g/mol. The molecule has 192 valence electrons. The van der Waals surface area contributed by atoms with E-state index >= 15 is 0 Å². The van der Waals surface area contributed by atoms with Crippen molar-refractivity contribution >= 4 is 29.0 Å². The Hall–Kier alpha value is -2.99. The maximum absolute atomic E-state index is 13.1. The van der Waals surface area contributed by atoms with E-state index in [1.807, 2.05) is 31.1 Å². The van der Waals surface area contributed by atoms with Gasteiger partial charge in [0.25, 0.3) is 0 Å². The van der Waals surface area contributed by atoms with E-state index in [1.54, 1.807) is 6.07 Å². The van der Waals surface area contributed by atoms with E-state index in [2.05, 4.69) is 34.3 Å². The van der Waals surface area contributed by atoms with Crippen molar-refractivity contribution < 1.29 is 13.2 Å². The molecule has 2 saturated heterocycles. The number of halogens is 3. The zero-order chi connectivity index (χ0) is 25.3. The minimum Gasteiger partial charge on any atom is -0.369 e. The van der Waals surface area contributed by atoms with Crippen molar-refractivity contribution in [3.63, 3.8) is 0 Å². The molecular formula is C24H29F3N8S. The minimum absolute atomic E-state index is 0.475. The summed E-state index contributed by atoms with van der Waals surface area (Å²) in [6.45, 7) is 4.97. The van der Waals surface area contributed by atoms with Crippen molar-refractivity contribution in [2.45, 2.75) is 25.1 Å². The monoisotopic (exact) mass is 518 g/mol. The van der Waals surface area contributed by atoms with Gasteiger partial charge in [0.15, 0.2) is 10.8 Å². The smallest absolute Gasteiger partial charge is 0.369 e. The van der Waals surface area contributed by atoms with Crippen LogP contribution in [0.3, 0.4) is 0 Å². The molecule has 0 radical (unpaired) electrons. The molecule has 2 aromatic heterocycles. The average molecular weight is 519 g/mol. The van der Waals surface area contributed by atoms with Crippen molar-refractivity contribution in [3.05, 3.63) is 42.0 Å². The summed E-state index contributed by atoms with van der Waals surface area (Å²) in [6.07, 6.45) is -2.27. The molecule has 12 heteroatoms. The van der Waals surface area contributed by atoms with Crippen molar-refractivity contribution in [1.82, 2.24) is 24.5 Å². The highest BCUT2D eigenvalue weighted by atomic mass is 32.1. The Morgan fingerprint density at radius 1 is 0.917 bits per heavy atom.